The van der Waals surface area contributed by atoms with Crippen molar-refractivity contribution in [3.63, 3.8) is 0 Å². The van der Waals surface area contributed by atoms with Gasteiger partial charge in [0.25, 0.3) is 5.91 Å². The molecule has 13 heteroatoms. The minimum absolute atomic E-state index is 0.00339. The van der Waals surface area contributed by atoms with Gasteiger partial charge in [-0.3, -0.25) is 4.79 Å². The summed E-state index contributed by atoms with van der Waals surface area (Å²) in [7, 11) is 1.51. The van der Waals surface area contributed by atoms with E-state index in [4.69, 9.17) is 21.1 Å². The van der Waals surface area contributed by atoms with Crippen LogP contribution < -0.4 is 9.64 Å². The number of halogens is 4. The molecule has 3 aromatic carbocycles. The lowest BCUT2D eigenvalue weighted by Crippen LogP contribution is -2.52. The molecule has 0 aliphatic carbocycles. The molecule has 0 radical (unpaired) electrons. The number of nitrogens with zero attached hydrogens (tertiary/aromatic N) is 4. The Morgan fingerprint density at radius 1 is 1.15 bits per heavy atom. The summed E-state index contributed by atoms with van der Waals surface area (Å²) in [6.45, 7) is -0.610. The number of rotatable bonds is 7. The Hall–Kier alpha value is -3.97. The number of aromatic nitrogens is 3. The number of benzene rings is 3. The highest BCUT2D eigenvalue weighted by Gasteiger charge is 2.43. The third-order valence-electron chi connectivity index (χ3n) is 6.74. The summed E-state index contributed by atoms with van der Waals surface area (Å²) in [4.78, 5) is 15.0. The van der Waals surface area contributed by atoms with Gasteiger partial charge >= 0.3 is 0 Å². The van der Waals surface area contributed by atoms with Crippen molar-refractivity contribution in [3.8, 4) is 22.8 Å². The molecule has 1 fully saturated rings. The summed E-state index contributed by atoms with van der Waals surface area (Å²) >= 11 is 6.23. The van der Waals surface area contributed by atoms with Crippen LogP contribution in [-0.4, -0.2) is 63.1 Å². The maximum Gasteiger partial charge on any atom is 0.256 e. The van der Waals surface area contributed by atoms with Crippen LogP contribution in [0.3, 0.4) is 0 Å². The van der Waals surface area contributed by atoms with Crippen LogP contribution in [0.15, 0.2) is 66.9 Å². The average molecular weight is 589 g/mol. The fourth-order valence-corrected chi connectivity index (χ4v) is 4.76. The fourth-order valence-electron chi connectivity index (χ4n) is 4.59. The Kier molecular flexibility index (Phi) is 8.27. The van der Waals surface area contributed by atoms with Gasteiger partial charge in [-0.05, 0) is 42.5 Å². The molecule has 0 spiro atoms. The second kappa shape index (κ2) is 11.9. The zero-order valence-corrected chi connectivity index (χ0v) is 22.3. The highest BCUT2D eigenvalue weighted by Crippen LogP contribution is 2.37. The largest absolute Gasteiger partial charge is 0.455 e. The van der Waals surface area contributed by atoms with Crippen molar-refractivity contribution >= 4 is 23.2 Å². The van der Waals surface area contributed by atoms with Crippen molar-refractivity contribution in [2.75, 3.05) is 18.6 Å². The van der Waals surface area contributed by atoms with Gasteiger partial charge in [-0.15, -0.1) is 5.10 Å². The number of aliphatic hydroxyl groups is 2. The van der Waals surface area contributed by atoms with Gasteiger partial charge in [0, 0.05) is 24.1 Å². The predicted molar refractivity (Wildman–Crippen MR) is 142 cm³/mol. The van der Waals surface area contributed by atoms with Crippen LogP contribution >= 0.6 is 11.6 Å². The number of hydrogen-bond acceptors (Lipinski definition) is 7. The van der Waals surface area contributed by atoms with Gasteiger partial charge in [0.15, 0.2) is 23.2 Å². The second-order valence-corrected chi connectivity index (χ2v) is 9.84. The van der Waals surface area contributed by atoms with Gasteiger partial charge in [0.05, 0.1) is 24.5 Å². The van der Waals surface area contributed by atoms with Crippen molar-refractivity contribution in [2.45, 2.75) is 30.8 Å². The van der Waals surface area contributed by atoms with Gasteiger partial charge in [0.2, 0.25) is 0 Å². The molecule has 0 saturated carbocycles. The van der Waals surface area contributed by atoms with E-state index in [1.165, 1.54) is 22.8 Å². The van der Waals surface area contributed by atoms with Crippen LogP contribution in [-0.2, 0) is 9.53 Å². The van der Waals surface area contributed by atoms with Crippen LogP contribution in [0.25, 0.3) is 11.3 Å². The lowest BCUT2D eigenvalue weighted by Gasteiger charge is -2.39. The minimum Gasteiger partial charge on any atom is -0.455 e. The number of amides is 1. The standard InChI is InChI=1S/C28H24ClF3N4O5/c1-35(21-11-16(29)7-8-23(21)40-17-5-3-2-4-6-17)28(39)24-12-22(27(38)25(14-37)41-24)36-13-20(33-34-36)15-9-18(30)26(32)19(31)10-15/h2-11,13,22,24-25,27,37-38H,12,14H2,1H3/t22-,24-,25-,27-/m1/s1. The summed E-state index contributed by atoms with van der Waals surface area (Å²) in [5, 5.41) is 29.0. The predicted octanol–water partition coefficient (Wildman–Crippen LogP) is 4.52. The lowest BCUT2D eigenvalue weighted by atomic mass is 9.94. The number of likely N-dealkylation sites (N-methyl/N-ethyl adjacent to an activating group) is 1. The van der Waals surface area contributed by atoms with Gasteiger partial charge < -0.3 is 24.6 Å². The van der Waals surface area contributed by atoms with Crippen molar-refractivity contribution in [1.29, 1.82) is 0 Å². The van der Waals surface area contributed by atoms with Gasteiger partial charge in [-0.25, -0.2) is 17.9 Å². The maximum atomic E-state index is 13.8. The molecule has 1 saturated heterocycles. The van der Waals surface area contributed by atoms with Crippen LogP contribution in [0.5, 0.6) is 11.5 Å². The van der Waals surface area contributed by atoms with Crippen LogP contribution in [0.2, 0.25) is 5.02 Å². The van der Waals surface area contributed by atoms with E-state index in [2.05, 4.69) is 10.3 Å². The molecular formula is C28H24ClF3N4O5. The molecule has 1 aromatic heterocycles. The second-order valence-electron chi connectivity index (χ2n) is 9.40. The van der Waals surface area contributed by atoms with E-state index in [1.54, 1.807) is 42.5 Å². The molecule has 0 bridgehead atoms. The molecule has 1 amide bonds. The van der Waals surface area contributed by atoms with E-state index in [9.17, 15) is 28.2 Å². The molecular weight excluding hydrogens is 565 g/mol. The monoisotopic (exact) mass is 588 g/mol. The zero-order valence-electron chi connectivity index (χ0n) is 21.5. The first kappa shape index (κ1) is 28.6. The van der Waals surface area contributed by atoms with Crippen LogP contribution in [0, 0.1) is 17.5 Å². The lowest BCUT2D eigenvalue weighted by molar-refractivity contribution is -0.169. The first-order chi connectivity index (χ1) is 19.7. The van der Waals surface area contributed by atoms with E-state index in [0.29, 0.717) is 22.2 Å². The molecule has 1 aliphatic heterocycles. The maximum absolute atomic E-state index is 13.8. The minimum atomic E-state index is -1.62. The third kappa shape index (κ3) is 5.91. The smallest absolute Gasteiger partial charge is 0.256 e. The van der Waals surface area contributed by atoms with Crippen molar-refractivity contribution < 1.29 is 37.7 Å². The summed E-state index contributed by atoms with van der Waals surface area (Å²) in [6.07, 6.45) is -2.42. The molecule has 2 N–H and O–H groups in total. The van der Waals surface area contributed by atoms with E-state index in [1.807, 2.05) is 6.07 Å². The number of hydrogen-bond donors (Lipinski definition) is 2. The van der Waals surface area contributed by atoms with E-state index in [0.717, 1.165) is 12.1 Å². The fraction of sp³-hybridized carbons (Fsp3) is 0.250. The first-order valence-electron chi connectivity index (χ1n) is 12.5. The van der Waals surface area contributed by atoms with Crippen molar-refractivity contribution in [1.82, 2.24) is 15.0 Å². The summed E-state index contributed by atoms with van der Waals surface area (Å²) in [6, 6.07) is 14.4. The Balaban J connectivity index is 1.41. The number of para-hydroxylation sites is 1. The van der Waals surface area contributed by atoms with Crippen molar-refractivity contribution in [3.05, 3.63) is 89.3 Å². The summed E-state index contributed by atoms with van der Waals surface area (Å²) in [5.41, 5.74) is 0.275. The zero-order chi connectivity index (χ0) is 29.3. The molecule has 1 aliphatic rings. The number of ether oxygens (including phenoxy) is 2. The quantitative estimate of drug-likeness (QED) is 0.305. The van der Waals surface area contributed by atoms with Gasteiger partial charge in [0.1, 0.15) is 29.8 Å². The topological polar surface area (TPSA) is 110 Å². The van der Waals surface area contributed by atoms with Gasteiger partial charge in [-0.1, -0.05) is 35.0 Å². The van der Waals surface area contributed by atoms with Gasteiger partial charge in [-0.2, -0.15) is 0 Å². The normalized spacial score (nSPS) is 20.6. The van der Waals surface area contributed by atoms with Crippen molar-refractivity contribution in [2.24, 2.45) is 0 Å². The molecule has 4 atom stereocenters. The molecule has 41 heavy (non-hydrogen) atoms. The molecule has 214 valence electrons. The Morgan fingerprint density at radius 2 is 1.85 bits per heavy atom. The number of carbonyl (C=O) groups is 1. The molecule has 0 unspecified atom stereocenters. The Morgan fingerprint density at radius 3 is 2.54 bits per heavy atom. The molecule has 9 nitrogen and oxygen atoms in total. The summed E-state index contributed by atoms with van der Waals surface area (Å²) < 4.78 is 53.9. The van der Waals surface area contributed by atoms with Crippen LogP contribution in [0.4, 0.5) is 18.9 Å². The highest BCUT2D eigenvalue weighted by molar-refractivity contribution is 6.31. The highest BCUT2D eigenvalue weighted by atomic mass is 35.5. The van der Waals surface area contributed by atoms with E-state index < -0.39 is 54.3 Å². The Labute approximate surface area is 237 Å². The number of aliphatic hydroxyl groups excluding tert-OH is 2. The molecule has 5 rings (SSSR count). The summed E-state index contributed by atoms with van der Waals surface area (Å²) in [5.74, 6) is -4.05. The van der Waals surface area contributed by atoms with E-state index >= 15 is 0 Å². The van der Waals surface area contributed by atoms with E-state index in [-0.39, 0.29) is 17.7 Å². The Bertz CT molecular complexity index is 1530. The number of anilines is 1. The molecule has 2 heterocycles. The SMILES string of the molecule is CN(C(=O)[C@H]1C[C@@H](n2cc(-c3cc(F)c(F)c(F)c3)nn2)[C@@H](O)[C@@H](CO)O1)c1cc(Cl)ccc1Oc1ccccc1. The average Bonchev–Trinajstić information content (AvgIpc) is 3.47. The first-order valence-corrected chi connectivity index (χ1v) is 12.8. The third-order valence-corrected chi connectivity index (χ3v) is 6.97. The van der Waals surface area contributed by atoms with Crippen LogP contribution in [0.1, 0.15) is 12.5 Å². The number of carbonyl (C=O) groups excluding carboxylic acids is 1. The molecule has 4 aromatic rings.